The monoisotopic (exact) mass is 268 g/mol. The van der Waals surface area contributed by atoms with Gasteiger partial charge in [0, 0.05) is 12.2 Å². The zero-order valence-electron chi connectivity index (χ0n) is 12.2. The molecule has 1 aromatic heterocycles. The van der Waals surface area contributed by atoms with Crippen LogP contribution in [0.15, 0.2) is 53.7 Å². The summed E-state index contributed by atoms with van der Waals surface area (Å²) in [7, 11) is 0. The summed E-state index contributed by atoms with van der Waals surface area (Å²) in [6.45, 7) is 6.03. The van der Waals surface area contributed by atoms with Gasteiger partial charge in [0.2, 0.25) is 5.91 Å². The minimum absolute atomic E-state index is 0.0410. The summed E-state index contributed by atoms with van der Waals surface area (Å²) in [5.41, 5.74) is 2.91. The van der Waals surface area contributed by atoms with Crippen LogP contribution in [0.3, 0.4) is 0 Å². The first-order valence-corrected chi connectivity index (χ1v) is 6.87. The van der Waals surface area contributed by atoms with Gasteiger partial charge in [0.25, 0.3) is 0 Å². The van der Waals surface area contributed by atoms with Crippen molar-refractivity contribution >= 4 is 5.91 Å². The summed E-state index contributed by atoms with van der Waals surface area (Å²) >= 11 is 0. The number of hydrogen-bond donors (Lipinski definition) is 0. The number of hydrogen-bond acceptors (Lipinski definition) is 2. The normalized spacial score (nSPS) is 11.9. The molecule has 0 spiro atoms. The standard InChI is InChI=1S/C17H20N2O/c1-13(2)18-16-10-6-7-11-19(16)17(20)12-15-9-5-4-8-14(15)3/h4-11,13H,12H2,1-3H3. The van der Waals surface area contributed by atoms with Crippen LogP contribution < -0.4 is 5.49 Å². The second kappa shape index (κ2) is 6.33. The van der Waals surface area contributed by atoms with Gasteiger partial charge in [-0.15, -0.1) is 0 Å². The van der Waals surface area contributed by atoms with Crippen molar-refractivity contribution < 1.29 is 4.79 Å². The third-order valence-corrected chi connectivity index (χ3v) is 3.10. The molecule has 1 heterocycles. The van der Waals surface area contributed by atoms with Crippen LogP contribution in [0.25, 0.3) is 0 Å². The lowest BCUT2D eigenvalue weighted by Gasteiger charge is -2.08. The van der Waals surface area contributed by atoms with E-state index in [4.69, 9.17) is 0 Å². The maximum absolute atomic E-state index is 12.5. The zero-order chi connectivity index (χ0) is 14.5. The molecule has 0 amide bonds. The van der Waals surface area contributed by atoms with Crippen LogP contribution >= 0.6 is 0 Å². The molecular formula is C17H20N2O. The maximum Gasteiger partial charge on any atom is 0.236 e. The first kappa shape index (κ1) is 14.3. The van der Waals surface area contributed by atoms with Crippen molar-refractivity contribution in [3.05, 3.63) is 65.3 Å². The first-order valence-electron chi connectivity index (χ1n) is 6.87. The van der Waals surface area contributed by atoms with Crippen LogP contribution in [-0.4, -0.2) is 16.5 Å². The highest BCUT2D eigenvalue weighted by atomic mass is 16.2. The van der Waals surface area contributed by atoms with Crippen molar-refractivity contribution in [1.29, 1.82) is 0 Å². The number of rotatable bonds is 3. The molecule has 0 N–H and O–H groups in total. The molecule has 0 bridgehead atoms. The van der Waals surface area contributed by atoms with Crippen molar-refractivity contribution in [3.63, 3.8) is 0 Å². The van der Waals surface area contributed by atoms with Crippen molar-refractivity contribution in [2.75, 3.05) is 0 Å². The van der Waals surface area contributed by atoms with Gasteiger partial charge >= 0.3 is 0 Å². The minimum Gasteiger partial charge on any atom is -0.274 e. The number of pyridine rings is 1. The van der Waals surface area contributed by atoms with Gasteiger partial charge in [0.15, 0.2) is 0 Å². The number of aromatic nitrogens is 1. The summed E-state index contributed by atoms with van der Waals surface area (Å²) in [6, 6.07) is 13.8. The molecule has 0 aliphatic rings. The maximum atomic E-state index is 12.5. The van der Waals surface area contributed by atoms with E-state index in [2.05, 4.69) is 4.99 Å². The van der Waals surface area contributed by atoms with Crippen LogP contribution in [0, 0.1) is 6.92 Å². The summed E-state index contributed by atoms with van der Waals surface area (Å²) < 4.78 is 1.63. The SMILES string of the molecule is Cc1ccccc1CC(=O)n1ccccc1=NC(C)C. The second-order valence-corrected chi connectivity index (χ2v) is 5.15. The van der Waals surface area contributed by atoms with Crippen LogP contribution in [0.4, 0.5) is 0 Å². The molecule has 3 heteroatoms. The largest absolute Gasteiger partial charge is 0.274 e. The number of benzene rings is 1. The predicted molar refractivity (Wildman–Crippen MR) is 80.6 cm³/mol. The molecule has 2 aromatic rings. The highest BCUT2D eigenvalue weighted by Crippen LogP contribution is 2.08. The molecule has 104 valence electrons. The highest BCUT2D eigenvalue weighted by molar-refractivity contribution is 5.81. The van der Waals surface area contributed by atoms with E-state index in [1.54, 1.807) is 10.8 Å². The van der Waals surface area contributed by atoms with Gasteiger partial charge in [-0.3, -0.25) is 14.4 Å². The molecule has 2 rings (SSSR count). The third-order valence-electron chi connectivity index (χ3n) is 3.10. The summed E-state index contributed by atoms with van der Waals surface area (Å²) in [4.78, 5) is 17.0. The summed E-state index contributed by atoms with van der Waals surface area (Å²) in [5.74, 6) is 0.0410. The molecule has 0 radical (unpaired) electrons. The Labute approximate surface area is 119 Å². The third kappa shape index (κ3) is 3.44. The predicted octanol–water partition coefficient (Wildman–Crippen LogP) is 2.99. The van der Waals surface area contributed by atoms with Crippen LogP contribution in [-0.2, 0) is 6.42 Å². The van der Waals surface area contributed by atoms with E-state index < -0.39 is 0 Å². The first-order chi connectivity index (χ1) is 9.58. The quantitative estimate of drug-likeness (QED) is 0.842. The zero-order valence-corrected chi connectivity index (χ0v) is 12.2. The van der Waals surface area contributed by atoms with Crippen molar-refractivity contribution in [2.45, 2.75) is 33.2 Å². The lowest BCUT2D eigenvalue weighted by atomic mass is 10.1. The fraction of sp³-hybridized carbons (Fsp3) is 0.294. The average molecular weight is 268 g/mol. The van der Waals surface area contributed by atoms with E-state index in [-0.39, 0.29) is 11.9 Å². The Morgan fingerprint density at radius 2 is 1.85 bits per heavy atom. The van der Waals surface area contributed by atoms with E-state index in [0.717, 1.165) is 11.1 Å². The van der Waals surface area contributed by atoms with Gasteiger partial charge < -0.3 is 0 Å². The van der Waals surface area contributed by atoms with Gasteiger partial charge in [-0.25, -0.2) is 0 Å². The van der Waals surface area contributed by atoms with Gasteiger partial charge in [0.1, 0.15) is 5.49 Å². The molecule has 0 saturated heterocycles. The van der Waals surface area contributed by atoms with E-state index in [1.807, 2.05) is 63.2 Å². The molecule has 0 atom stereocenters. The van der Waals surface area contributed by atoms with Crippen LogP contribution in [0.2, 0.25) is 0 Å². The Balaban J connectivity index is 2.33. The number of carbonyl (C=O) groups excluding carboxylic acids is 1. The van der Waals surface area contributed by atoms with Crippen LogP contribution in [0.5, 0.6) is 0 Å². The smallest absolute Gasteiger partial charge is 0.236 e. The molecule has 0 unspecified atom stereocenters. The van der Waals surface area contributed by atoms with Gasteiger partial charge in [-0.05, 0) is 44.0 Å². The Morgan fingerprint density at radius 3 is 2.55 bits per heavy atom. The molecule has 3 nitrogen and oxygen atoms in total. The van der Waals surface area contributed by atoms with E-state index >= 15 is 0 Å². The van der Waals surface area contributed by atoms with Gasteiger partial charge in [-0.1, -0.05) is 30.3 Å². The number of carbonyl (C=O) groups is 1. The fourth-order valence-corrected chi connectivity index (χ4v) is 2.07. The average Bonchev–Trinajstić information content (AvgIpc) is 2.41. The van der Waals surface area contributed by atoms with Crippen molar-refractivity contribution in [3.8, 4) is 0 Å². The fourth-order valence-electron chi connectivity index (χ4n) is 2.07. The number of nitrogens with zero attached hydrogens (tertiary/aromatic N) is 2. The summed E-state index contributed by atoms with van der Waals surface area (Å²) in [6.07, 6.45) is 2.17. The van der Waals surface area contributed by atoms with E-state index in [9.17, 15) is 4.79 Å². The van der Waals surface area contributed by atoms with E-state index in [0.29, 0.717) is 11.9 Å². The second-order valence-electron chi connectivity index (χ2n) is 5.15. The molecule has 0 aliphatic heterocycles. The van der Waals surface area contributed by atoms with Crippen molar-refractivity contribution in [1.82, 2.24) is 4.57 Å². The lowest BCUT2D eigenvalue weighted by molar-refractivity contribution is 0.0908. The van der Waals surface area contributed by atoms with E-state index in [1.165, 1.54) is 0 Å². The molecule has 20 heavy (non-hydrogen) atoms. The Morgan fingerprint density at radius 1 is 1.15 bits per heavy atom. The Bertz CT molecular complexity index is 668. The molecule has 0 saturated carbocycles. The topological polar surface area (TPSA) is 34.4 Å². The minimum atomic E-state index is 0.0410. The highest BCUT2D eigenvalue weighted by Gasteiger charge is 2.08. The van der Waals surface area contributed by atoms with Crippen LogP contribution in [0.1, 0.15) is 29.8 Å². The molecular weight excluding hydrogens is 248 g/mol. The molecule has 0 aliphatic carbocycles. The molecule has 1 aromatic carbocycles. The molecule has 0 fully saturated rings. The Kier molecular flexibility index (Phi) is 4.51. The Hall–Kier alpha value is -2.16. The van der Waals surface area contributed by atoms with Crippen molar-refractivity contribution in [2.24, 2.45) is 4.99 Å². The number of aryl methyl sites for hydroxylation is 1. The summed E-state index contributed by atoms with van der Waals surface area (Å²) in [5, 5.41) is 0. The van der Waals surface area contributed by atoms with Gasteiger partial charge in [0.05, 0.1) is 6.42 Å². The van der Waals surface area contributed by atoms with Gasteiger partial charge in [-0.2, -0.15) is 0 Å². The lowest BCUT2D eigenvalue weighted by Crippen LogP contribution is -2.28.